The van der Waals surface area contributed by atoms with Crippen LogP contribution in [0.5, 0.6) is 0 Å². The Balaban J connectivity index is 1.65. The third-order valence-corrected chi connectivity index (χ3v) is 7.32. The molecular weight excluding hydrogens is 406 g/mol. The van der Waals surface area contributed by atoms with Crippen LogP contribution in [0.2, 0.25) is 0 Å². The van der Waals surface area contributed by atoms with Gasteiger partial charge in [-0.05, 0) is 53.9 Å². The van der Waals surface area contributed by atoms with Crippen molar-refractivity contribution < 1.29 is 13.2 Å². The van der Waals surface area contributed by atoms with Gasteiger partial charge in [-0.15, -0.1) is 0 Å². The van der Waals surface area contributed by atoms with E-state index in [9.17, 15) is 13.2 Å². The van der Waals surface area contributed by atoms with Crippen LogP contribution in [0.3, 0.4) is 0 Å². The van der Waals surface area contributed by atoms with Crippen molar-refractivity contribution in [1.82, 2.24) is 15.1 Å². The van der Waals surface area contributed by atoms with E-state index in [1.54, 1.807) is 12.1 Å². The molecule has 1 aliphatic heterocycles. The largest absolute Gasteiger partial charge is 0.348 e. The third-order valence-electron chi connectivity index (χ3n) is 4.41. The minimum Gasteiger partial charge on any atom is -0.348 e. The van der Waals surface area contributed by atoms with Crippen LogP contribution in [-0.4, -0.2) is 41.7 Å². The molecule has 1 aromatic carbocycles. The number of nitrogens with one attached hydrogen (secondary N) is 1. The van der Waals surface area contributed by atoms with E-state index in [1.807, 2.05) is 30.7 Å². The van der Waals surface area contributed by atoms with Gasteiger partial charge >= 0.3 is 0 Å². The monoisotopic (exact) mass is 425 g/mol. The molecule has 1 aromatic heterocycles. The molecule has 1 amide bonds. The zero-order valence-electron chi connectivity index (χ0n) is 14.1. The highest BCUT2D eigenvalue weighted by atomic mass is 79.9. The molecule has 1 unspecified atom stereocenters. The molecule has 8 heteroatoms. The number of carbonyl (C=O) groups excluding carboxylic acids is 1. The molecule has 0 aliphatic carbocycles. The normalized spacial score (nSPS) is 19.1. The van der Waals surface area contributed by atoms with Crippen LogP contribution < -0.4 is 5.32 Å². The molecule has 3 rings (SSSR count). The van der Waals surface area contributed by atoms with Gasteiger partial charge in [0.05, 0.1) is 33.9 Å². The van der Waals surface area contributed by atoms with Crippen molar-refractivity contribution in [3.8, 4) is 0 Å². The Kier molecular flexibility index (Phi) is 5.02. The second-order valence-corrected chi connectivity index (χ2v) is 9.43. The first-order chi connectivity index (χ1) is 11.7. The Hall–Kier alpha value is -1.67. The van der Waals surface area contributed by atoms with Gasteiger partial charge in [-0.25, -0.2) is 8.42 Å². The fraction of sp³-hybridized carbons (Fsp3) is 0.412. The molecule has 0 radical (unpaired) electrons. The van der Waals surface area contributed by atoms with Crippen molar-refractivity contribution in [2.45, 2.75) is 32.9 Å². The molecule has 25 heavy (non-hydrogen) atoms. The Morgan fingerprint density at radius 3 is 2.52 bits per heavy atom. The molecule has 1 atom stereocenters. The number of aromatic nitrogens is 2. The van der Waals surface area contributed by atoms with E-state index in [0.29, 0.717) is 18.5 Å². The third kappa shape index (κ3) is 4.12. The first-order valence-corrected chi connectivity index (χ1v) is 10.7. The highest BCUT2D eigenvalue weighted by Crippen LogP contribution is 2.20. The van der Waals surface area contributed by atoms with E-state index < -0.39 is 9.84 Å². The van der Waals surface area contributed by atoms with Gasteiger partial charge in [-0.3, -0.25) is 9.48 Å². The molecule has 1 aliphatic rings. The average Bonchev–Trinajstić information content (AvgIpc) is 3.02. The van der Waals surface area contributed by atoms with Crippen molar-refractivity contribution in [1.29, 1.82) is 0 Å². The highest BCUT2D eigenvalue weighted by Gasteiger charge is 2.29. The number of nitrogens with zero attached hydrogens (tertiary/aromatic N) is 2. The van der Waals surface area contributed by atoms with Gasteiger partial charge in [0.2, 0.25) is 0 Å². The molecule has 0 spiro atoms. The van der Waals surface area contributed by atoms with E-state index in [4.69, 9.17) is 0 Å². The molecule has 0 bridgehead atoms. The summed E-state index contributed by atoms with van der Waals surface area (Å²) in [5.41, 5.74) is 3.57. The first kappa shape index (κ1) is 18.1. The number of hydrogen-bond acceptors (Lipinski definition) is 4. The SMILES string of the molecule is Cc1nn(Cc2ccc(C(=O)NC3CCS(=O)(=O)C3)cc2)c(C)c1Br. The van der Waals surface area contributed by atoms with Crippen molar-refractivity contribution in [2.24, 2.45) is 0 Å². The van der Waals surface area contributed by atoms with E-state index in [0.717, 1.165) is 21.4 Å². The van der Waals surface area contributed by atoms with E-state index >= 15 is 0 Å². The maximum atomic E-state index is 12.3. The molecule has 2 heterocycles. The number of aryl methyl sites for hydroxylation is 1. The lowest BCUT2D eigenvalue weighted by Gasteiger charge is -2.11. The van der Waals surface area contributed by atoms with Crippen molar-refractivity contribution in [3.63, 3.8) is 0 Å². The van der Waals surface area contributed by atoms with Crippen LogP contribution in [-0.2, 0) is 16.4 Å². The topological polar surface area (TPSA) is 81.1 Å². The summed E-state index contributed by atoms with van der Waals surface area (Å²) in [6.07, 6.45) is 0.485. The van der Waals surface area contributed by atoms with Gasteiger partial charge in [-0.2, -0.15) is 5.10 Å². The zero-order valence-corrected chi connectivity index (χ0v) is 16.5. The Morgan fingerprint density at radius 2 is 2.00 bits per heavy atom. The van der Waals surface area contributed by atoms with Crippen LogP contribution in [0.15, 0.2) is 28.7 Å². The van der Waals surface area contributed by atoms with Gasteiger partial charge in [0.25, 0.3) is 5.91 Å². The fourth-order valence-corrected chi connectivity index (χ4v) is 4.90. The van der Waals surface area contributed by atoms with Crippen molar-refractivity contribution in [2.75, 3.05) is 11.5 Å². The predicted molar refractivity (Wildman–Crippen MR) is 99.5 cm³/mol. The van der Waals surface area contributed by atoms with E-state index in [-0.39, 0.29) is 23.5 Å². The highest BCUT2D eigenvalue weighted by molar-refractivity contribution is 9.10. The molecule has 6 nitrogen and oxygen atoms in total. The lowest BCUT2D eigenvalue weighted by atomic mass is 10.1. The molecule has 1 fully saturated rings. The standard InChI is InChI=1S/C17H20BrN3O3S/c1-11-16(18)12(2)21(20-11)9-13-3-5-14(6-4-13)17(22)19-15-7-8-25(23,24)10-15/h3-6,15H,7-10H2,1-2H3,(H,19,22). The number of amides is 1. The molecule has 0 saturated carbocycles. The molecule has 2 aromatic rings. The quantitative estimate of drug-likeness (QED) is 0.813. The summed E-state index contributed by atoms with van der Waals surface area (Å²) in [6.45, 7) is 4.58. The van der Waals surface area contributed by atoms with Crippen LogP contribution in [0.25, 0.3) is 0 Å². The second-order valence-electron chi connectivity index (χ2n) is 6.41. The van der Waals surface area contributed by atoms with Crippen LogP contribution in [0.1, 0.15) is 33.7 Å². The van der Waals surface area contributed by atoms with Crippen LogP contribution in [0, 0.1) is 13.8 Å². The van der Waals surface area contributed by atoms with E-state index in [1.165, 1.54) is 0 Å². The average molecular weight is 426 g/mol. The predicted octanol–water partition coefficient (Wildman–Crippen LogP) is 2.23. The van der Waals surface area contributed by atoms with Gasteiger partial charge in [0.1, 0.15) is 0 Å². The van der Waals surface area contributed by atoms with Gasteiger partial charge in [0.15, 0.2) is 9.84 Å². The van der Waals surface area contributed by atoms with E-state index in [2.05, 4.69) is 26.3 Å². The summed E-state index contributed by atoms with van der Waals surface area (Å²) >= 11 is 3.51. The van der Waals surface area contributed by atoms with Crippen LogP contribution >= 0.6 is 15.9 Å². The summed E-state index contributed by atoms with van der Waals surface area (Å²) in [5.74, 6) is -0.0545. The Bertz CT molecular complexity index is 904. The first-order valence-electron chi connectivity index (χ1n) is 8.05. The lowest BCUT2D eigenvalue weighted by Crippen LogP contribution is -2.35. The minimum atomic E-state index is -3.00. The summed E-state index contributed by atoms with van der Waals surface area (Å²) in [5, 5.41) is 7.28. The maximum absolute atomic E-state index is 12.3. The smallest absolute Gasteiger partial charge is 0.251 e. The van der Waals surface area contributed by atoms with Gasteiger partial charge < -0.3 is 5.32 Å². The fourth-order valence-electron chi connectivity index (χ4n) is 2.94. The summed E-state index contributed by atoms with van der Waals surface area (Å²) < 4.78 is 25.9. The number of halogens is 1. The number of rotatable bonds is 4. The van der Waals surface area contributed by atoms with Crippen molar-refractivity contribution >= 4 is 31.7 Å². The molecular formula is C17H20BrN3O3S. The Morgan fingerprint density at radius 1 is 1.32 bits per heavy atom. The molecule has 1 saturated heterocycles. The minimum absolute atomic E-state index is 0.0314. The summed E-state index contributed by atoms with van der Waals surface area (Å²) in [6, 6.07) is 7.02. The summed E-state index contributed by atoms with van der Waals surface area (Å²) in [7, 11) is -3.00. The van der Waals surface area contributed by atoms with Crippen molar-refractivity contribution in [3.05, 3.63) is 51.3 Å². The van der Waals surface area contributed by atoms with Gasteiger partial charge in [0, 0.05) is 11.6 Å². The maximum Gasteiger partial charge on any atom is 0.251 e. The lowest BCUT2D eigenvalue weighted by molar-refractivity contribution is 0.0941. The molecule has 134 valence electrons. The number of benzene rings is 1. The summed E-state index contributed by atoms with van der Waals surface area (Å²) in [4.78, 5) is 12.3. The van der Waals surface area contributed by atoms with Crippen LogP contribution in [0.4, 0.5) is 0 Å². The zero-order chi connectivity index (χ0) is 18.2. The Labute approximate surface area is 155 Å². The number of carbonyl (C=O) groups is 1. The van der Waals surface area contributed by atoms with Gasteiger partial charge in [-0.1, -0.05) is 12.1 Å². The number of hydrogen-bond donors (Lipinski definition) is 1. The second kappa shape index (κ2) is 6.92. The number of sulfone groups is 1. The molecule has 1 N–H and O–H groups in total.